The van der Waals surface area contributed by atoms with Crippen LogP contribution in [-0.4, -0.2) is 51.0 Å². The lowest BCUT2D eigenvalue weighted by molar-refractivity contribution is -0.141. The first-order valence-electron chi connectivity index (χ1n) is 8.99. The van der Waals surface area contributed by atoms with E-state index in [0.717, 1.165) is 6.07 Å². The maximum atomic E-state index is 13.5. The van der Waals surface area contributed by atoms with Crippen LogP contribution < -0.4 is 10.9 Å². The third-order valence-corrected chi connectivity index (χ3v) is 5.46. The van der Waals surface area contributed by atoms with Gasteiger partial charge in [-0.2, -0.15) is 13.2 Å². The molecule has 2 atom stereocenters. The average molecular weight is 433 g/mol. The van der Waals surface area contributed by atoms with Crippen LogP contribution in [0.15, 0.2) is 21.3 Å². The van der Waals surface area contributed by atoms with Gasteiger partial charge in [-0.1, -0.05) is 5.10 Å². The van der Waals surface area contributed by atoms with Crippen LogP contribution >= 0.6 is 0 Å². The average Bonchev–Trinajstić information content (AvgIpc) is 3.04. The van der Waals surface area contributed by atoms with Gasteiger partial charge in [-0.05, 0) is 25.5 Å². The van der Waals surface area contributed by atoms with Crippen molar-refractivity contribution in [3.8, 4) is 11.5 Å². The summed E-state index contributed by atoms with van der Waals surface area (Å²) in [5.74, 6) is -3.51. The summed E-state index contributed by atoms with van der Waals surface area (Å²) in [7, 11) is 0. The van der Waals surface area contributed by atoms with Gasteiger partial charge in [0.2, 0.25) is 5.91 Å². The molecule has 0 bridgehead atoms. The molecule has 13 heteroatoms. The molecule has 0 radical (unpaired) electrons. The molecule has 3 heterocycles. The van der Waals surface area contributed by atoms with Crippen molar-refractivity contribution in [3.63, 3.8) is 0 Å². The summed E-state index contributed by atoms with van der Waals surface area (Å²) in [5, 5.41) is 9.84. The number of nitrogens with one attached hydrogen (secondary N) is 2. The van der Waals surface area contributed by atoms with E-state index < -0.39 is 40.7 Å². The molecule has 1 saturated heterocycles. The zero-order valence-corrected chi connectivity index (χ0v) is 15.5. The monoisotopic (exact) mass is 433 g/mol. The van der Waals surface area contributed by atoms with Gasteiger partial charge in [0.05, 0.1) is 5.41 Å². The van der Waals surface area contributed by atoms with Gasteiger partial charge < -0.3 is 19.6 Å². The van der Waals surface area contributed by atoms with Gasteiger partial charge in [0.15, 0.2) is 0 Å². The summed E-state index contributed by atoms with van der Waals surface area (Å²) in [4.78, 5) is 27.4. The SMILES string of the molecule is CC(Nc1nnc(-c2ccc(C(F)(F)F)[nH]c2=O)o1)C(=O)N1CCC2(C1)CC2(F)F. The highest BCUT2D eigenvalue weighted by Crippen LogP contribution is 2.65. The van der Waals surface area contributed by atoms with Gasteiger partial charge in [0.1, 0.15) is 17.3 Å². The zero-order chi connectivity index (χ0) is 21.9. The Kier molecular flexibility index (Phi) is 4.40. The Balaban J connectivity index is 1.42. The highest BCUT2D eigenvalue weighted by atomic mass is 19.4. The Hall–Kier alpha value is -2.99. The second-order valence-electron chi connectivity index (χ2n) is 7.56. The predicted octanol–water partition coefficient (Wildman–Crippen LogP) is 2.50. The van der Waals surface area contributed by atoms with Crippen molar-refractivity contribution < 1.29 is 31.2 Å². The molecule has 1 aliphatic carbocycles. The molecule has 0 aromatic carbocycles. The number of likely N-dealkylation sites (tertiary alicyclic amines) is 1. The Morgan fingerprint density at radius 2 is 2.03 bits per heavy atom. The van der Waals surface area contributed by atoms with Crippen LogP contribution in [0.2, 0.25) is 0 Å². The van der Waals surface area contributed by atoms with E-state index in [9.17, 15) is 31.5 Å². The third-order valence-electron chi connectivity index (χ3n) is 5.46. The number of alkyl halides is 5. The number of H-pyrrole nitrogens is 1. The minimum Gasteiger partial charge on any atom is -0.403 e. The van der Waals surface area contributed by atoms with E-state index >= 15 is 0 Å². The van der Waals surface area contributed by atoms with E-state index in [0.29, 0.717) is 6.07 Å². The number of carbonyl (C=O) groups excluding carboxylic acids is 1. The normalized spacial score (nSPS) is 23.6. The second-order valence-corrected chi connectivity index (χ2v) is 7.56. The Morgan fingerprint density at radius 3 is 2.60 bits per heavy atom. The van der Waals surface area contributed by atoms with Crippen LogP contribution in [0.25, 0.3) is 11.5 Å². The second kappa shape index (κ2) is 6.51. The van der Waals surface area contributed by atoms with Crippen LogP contribution in [0.3, 0.4) is 0 Å². The topological polar surface area (TPSA) is 104 Å². The van der Waals surface area contributed by atoms with Crippen molar-refractivity contribution in [2.45, 2.75) is 37.9 Å². The van der Waals surface area contributed by atoms with E-state index in [1.807, 2.05) is 0 Å². The summed E-state index contributed by atoms with van der Waals surface area (Å²) in [5.41, 5.74) is -3.70. The lowest BCUT2D eigenvalue weighted by atomic mass is 10.1. The molecule has 1 aliphatic heterocycles. The molecule has 1 saturated carbocycles. The van der Waals surface area contributed by atoms with Gasteiger partial charge in [-0.15, -0.1) is 5.10 Å². The van der Waals surface area contributed by atoms with Gasteiger partial charge in [-0.3, -0.25) is 9.59 Å². The molecule has 2 aromatic rings. The molecular weight excluding hydrogens is 417 g/mol. The lowest BCUT2D eigenvalue weighted by Crippen LogP contribution is -2.40. The molecule has 4 rings (SSSR count). The summed E-state index contributed by atoms with van der Waals surface area (Å²) in [6, 6.07) is 0.437. The lowest BCUT2D eigenvalue weighted by Gasteiger charge is -2.21. The van der Waals surface area contributed by atoms with Gasteiger partial charge in [0.25, 0.3) is 17.4 Å². The predicted molar refractivity (Wildman–Crippen MR) is 91.6 cm³/mol. The number of carbonyl (C=O) groups is 1. The Morgan fingerprint density at radius 1 is 1.33 bits per heavy atom. The number of halogens is 5. The van der Waals surface area contributed by atoms with E-state index in [2.05, 4.69) is 15.5 Å². The van der Waals surface area contributed by atoms with Crippen molar-refractivity contribution >= 4 is 11.9 Å². The molecule has 1 amide bonds. The molecule has 2 unspecified atom stereocenters. The van der Waals surface area contributed by atoms with Gasteiger partial charge in [-0.25, -0.2) is 8.78 Å². The summed E-state index contributed by atoms with van der Waals surface area (Å²) in [6.45, 7) is 1.67. The number of aromatic nitrogens is 3. The quantitative estimate of drug-likeness (QED) is 0.719. The molecule has 1 spiro atoms. The Bertz CT molecular complexity index is 1050. The third kappa shape index (κ3) is 3.41. The molecule has 162 valence electrons. The highest BCUT2D eigenvalue weighted by molar-refractivity contribution is 5.84. The summed E-state index contributed by atoms with van der Waals surface area (Å²) < 4.78 is 70.1. The first kappa shape index (κ1) is 20.3. The maximum Gasteiger partial charge on any atom is 0.431 e. The number of hydrogen-bond donors (Lipinski definition) is 2. The molecule has 8 nitrogen and oxygen atoms in total. The number of anilines is 1. The number of rotatable bonds is 4. The van der Waals surface area contributed by atoms with Crippen molar-refractivity contribution in [1.82, 2.24) is 20.1 Å². The van der Waals surface area contributed by atoms with Crippen LogP contribution in [0.4, 0.5) is 28.0 Å². The largest absolute Gasteiger partial charge is 0.431 e. The summed E-state index contributed by atoms with van der Waals surface area (Å²) in [6.07, 6.45) is -4.70. The zero-order valence-electron chi connectivity index (χ0n) is 15.5. The minimum atomic E-state index is -4.71. The molecule has 30 heavy (non-hydrogen) atoms. The van der Waals surface area contributed by atoms with Crippen molar-refractivity contribution in [3.05, 3.63) is 28.2 Å². The standard InChI is InChI=1S/C17H16F5N5O3/c1-8(13(29)27-5-4-15(7-27)6-16(15,18)19)23-14-26-25-12(30-14)9-2-3-10(17(20,21)22)24-11(9)28/h2-3,8H,4-7H2,1H3,(H,23,26)(H,24,28). The highest BCUT2D eigenvalue weighted by Gasteiger charge is 2.73. The van der Waals surface area contributed by atoms with Crippen LogP contribution in [0, 0.1) is 5.41 Å². The number of amides is 1. The Labute approximate surface area is 165 Å². The number of nitrogens with zero attached hydrogens (tertiary/aromatic N) is 3. The van der Waals surface area contributed by atoms with Crippen molar-refractivity contribution in [1.29, 1.82) is 0 Å². The van der Waals surface area contributed by atoms with E-state index in [-0.39, 0.29) is 43.4 Å². The molecular formula is C17H16F5N5O3. The molecule has 2 aliphatic rings. The molecule has 2 fully saturated rings. The smallest absolute Gasteiger partial charge is 0.403 e. The molecule has 2 N–H and O–H groups in total. The van der Waals surface area contributed by atoms with Crippen molar-refractivity contribution in [2.24, 2.45) is 5.41 Å². The first-order chi connectivity index (χ1) is 13.9. The van der Waals surface area contributed by atoms with Crippen molar-refractivity contribution in [2.75, 3.05) is 18.4 Å². The number of aromatic amines is 1. The summed E-state index contributed by atoms with van der Waals surface area (Å²) >= 11 is 0. The van der Waals surface area contributed by atoms with Crippen LogP contribution in [-0.2, 0) is 11.0 Å². The van der Waals surface area contributed by atoms with E-state index in [1.54, 1.807) is 4.98 Å². The fourth-order valence-electron chi connectivity index (χ4n) is 3.60. The van der Waals surface area contributed by atoms with Gasteiger partial charge >= 0.3 is 12.2 Å². The van der Waals surface area contributed by atoms with E-state index in [1.165, 1.54) is 11.8 Å². The van der Waals surface area contributed by atoms with Crippen LogP contribution in [0.5, 0.6) is 0 Å². The number of pyridine rings is 1. The fraction of sp³-hybridized carbons (Fsp3) is 0.529. The maximum absolute atomic E-state index is 13.5. The minimum absolute atomic E-state index is 0.0269. The van der Waals surface area contributed by atoms with Gasteiger partial charge in [0, 0.05) is 19.5 Å². The number of hydrogen-bond acceptors (Lipinski definition) is 6. The first-order valence-corrected chi connectivity index (χ1v) is 8.99. The van der Waals surface area contributed by atoms with Crippen LogP contribution in [0.1, 0.15) is 25.5 Å². The van der Waals surface area contributed by atoms with E-state index in [4.69, 9.17) is 4.42 Å². The molecule has 2 aromatic heterocycles. The fourth-order valence-corrected chi connectivity index (χ4v) is 3.60.